The van der Waals surface area contributed by atoms with E-state index in [-0.39, 0.29) is 0 Å². The molecule has 2 heteroatoms. The van der Waals surface area contributed by atoms with Crippen molar-refractivity contribution in [1.82, 2.24) is 9.55 Å². The summed E-state index contributed by atoms with van der Waals surface area (Å²) in [5.41, 5.74) is 3.58. The van der Waals surface area contributed by atoms with Crippen LogP contribution in [0, 0.1) is 6.92 Å². The first-order chi connectivity index (χ1) is 7.16. The molecule has 1 aromatic carbocycles. The molecule has 1 heterocycles. The number of benzene rings is 1. The average Bonchev–Trinajstić information content (AvgIpc) is 2.68. The zero-order valence-corrected chi connectivity index (χ0v) is 9.44. The van der Waals surface area contributed by atoms with Crippen LogP contribution in [-0.2, 0) is 0 Å². The summed E-state index contributed by atoms with van der Waals surface area (Å²) in [6.45, 7) is 6.40. The molecule has 0 radical (unpaired) electrons. The van der Waals surface area contributed by atoms with Crippen LogP contribution < -0.4 is 0 Å². The molecule has 0 saturated carbocycles. The molecule has 0 saturated heterocycles. The highest BCUT2D eigenvalue weighted by Crippen LogP contribution is 2.15. The largest absolute Gasteiger partial charge is 0.306 e. The van der Waals surface area contributed by atoms with Gasteiger partial charge in [-0.25, -0.2) is 4.98 Å². The molecule has 0 aliphatic rings. The van der Waals surface area contributed by atoms with Crippen LogP contribution in [0.15, 0.2) is 36.8 Å². The maximum atomic E-state index is 4.38. The topological polar surface area (TPSA) is 17.8 Å². The van der Waals surface area contributed by atoms with Crippen LogP contribution in [0.2, 0.25) is 0 Å². The molecule has 0 spiro atoms. The highest BCUT2D eigenvalue weighted by Gasteiger charge is 2.03. The molecule has 0 aliphatic heterocycles. The van der Waals surface area contributed by atoms with Crippen molar-refractivity contribution in [3.05, 3.63) is 48.0 Å². The van der Waals surface area contributed by atoms with Gasteiger partial charge in [0.05, 0.1) is 12.0 Å². The normalized spacial score (nSPS) is 10.9. The lowest BCUT2D eigenvalue weighted by Gasteiger charge is -2.02. The molecule has 2 rings (SSSR count). The molecular formula is C13H16N2. The van der Waals surface area contributed by atoms with Gasteiger partial charge < -0.3 is 4.57 Å². The van der Waals surface area contributed by atoms with E-state index in [4.69, 9.17) is 0 Å². The summed E-state index contributed by atoms with van der Waals surface area (Å²) in [7, 11) is 0. The standard InChI is InChI=1S/C13H16N2/c1-10(2)13-8-15(9-14-13)12-6-4-11(3)5-7-12/h4-10H,1-3H3. The van der Waals surface area contributed by atoms with Crippen molar-refractivity contribution in [3.63, 3.8) is 0 Å². The van der Waals surface area contributed by atoms with Crippen LogP contribution in [-0.4, -0.2) is 9.55 Å². The Bertz CT molecular complexity index is 438. The smallest absolute Gasteiger partial charge is 0.0995 e. The Morgan fingerprint density at radius 2 is 1.80 bits per heavy atom. The fourth-order valence-electron chi connectivity index (χ4n) is 1.49. The van der Waals surface area contributed by atoms with Crippen LogP contribution in [0.25, 0.3) is 5.69 Å². The maximum absolute atomic E-state index is 4.38. The second-order valence-electron chi connectivity index (χ2n) is 4.20. The molecule has 2 aromatic rings. The third-order valence-corrected chi connectivity index (χ3v) is 2.53. The van der Waals surface area contributed by atoms with Gasteiger partial charge >= 0.3 is 0 Å². The first kappa shape index (κ1) is 9.97. The van der Waals surface area contributed by atoms with Crippen molar-refractivity contribution in [2.75, 3.05) is 0 Å². The van der Waals surface area contributed by atoms with Crippen LogP contribution >= 0.6 is 0 Å². The number of hydrogen-bond donors (Lipinski definition) is 0. The van der Waals surface area contributed by atoms with Gasteiger partial charge in [0.25, 0.3) is 0 Å². The summed E-state index contributed by atoms with van der Waals surface area (Å²) >= 11 is 0. The SMILES string of the molecule is Cc1ccc(-n2cnc(C(C)C)c2)cc1. The summed E-state index contributed by atoms with van der Waals surface area (Å²) in [6.07, 6.45) is 3.97. The van der Waals surface area contributed by atoms with Gasteiger partial charge in [-0.2, -0.15) is 0 Å². The molecule has 0 aliphatic carbocycles. The predicted octanol–water partition coefficient (Wildman–Crippen LogP) is 3.30. The zero-order valence-electron chi connectivity index (χ0n) is 9.44. The fraction of sp³-hybridized carbons (Fsp3) is 0.308. The van der Waals surface area contributed by atoms with E-state index in [1.165, 1.54) is 11.3 Å². The number of imidazole rings is 1. The summed E-state index contributed by atoms with van der Waals surface area (Å²) < 4.78 is 2.06. The van der Waals surface area contributed by atoms with E-state index in [1.54, 1.807) is 0 Å². The number of hydrogen-bond acceptors (Lipinski definition) is 1. The maximum Gasteiger partial charge on any atom is 0.0995 e. The van der Waals surface area contributed by atoms with Gasteiger partial charge in [0.1, 0.15) is 0 Å². The third kappa shape index (κ3) is 2.09. The summed E-state index contributed by atoms with van der Waals surface area (Å²) in [6, 6.07) is 8.46. The number of nitrogens with zero attached hydrogens (tertiary/aromatic N) is 2. The molecule has 0 amide bonds. The molecular weight excluding hydrogens is 184 g/mol. The lowest BCUT2D eigenvalue weighted by atomic mass is 10.1. The molecule has 0 fully saturated rings. The lowest BCUT2D eigenvalue weighted by molar-refractivity contribution is 0.831. The van der Waals surface area contributed by atoms with Crippen molar-refractivity contribution >= 4 is 0 Å². The van der Waals surface area contributed by atoms with Crippen LogP contribution in [0.4, 0.5) is 0 Å². The van der Waals surface area contributed by atoms with Gasteiger partial charge in [0, 0.05) is 11.9 Å². The Morgan fingerprint density at radius 3 is 2.33 bits per heavy atom. The number of aromatic nitrogens is 2. The van der Waals surface area contributed by atoms with Gasteiger partial charge in [-0.1, -0.05) is 31.5 Å². The Labute approximate surface area is 90.6 Å². The van der Waals surface area contributed by atoms with E-state index in [9.17, 15) is 0 Å². The van der Waals surface area contributed by atoms with Gasteiger partial charge in [-0.05, 0) is 25.0 Å². The summed E-state index contributed by atoms with van der Waals surface area (Å²) in [4.78, 5) is 4.38. The Kier molecular flexibility index (Phi) is 2.58. The second kappa shape index (κ2) is 3.89. The molecule has 0 atom stereocenters. The first-order valence-electron chi connectivity index (χ1n) is 5.28. The van der Waals surface area contributed by atoms with E-state index in [0.717, 1.165) is 5.69 Å². The first-order valence-corrected chi connectivity index (χ1v) is 5.28. The summed E-state index contributed by atoms with van der Waals surface area (Å²) in [5.74, 6) is 0.483. The number of aryl methyl sites for hydroxylation is 1. The molecule has 0 bridgehead atoms. The van der Waals surface area contributed by atoms with Crippen molar-refractivity contribution in [2.24, 2.45) is 0 Å². The lowest BCUT2D eigenvalue weighted by Crippen LogP contribution is -1.90. The minimum Gasteiger partial charge on any atom is -0.306 e. The van der Waals surface area contributed by atoms with E-state index >= 15 is 0 Å². The molecule has 2 nitrogen and oxygen atoms in total. The third-order valence-electron chi connectivity index (χ3n) is 2.53. The Hall–Kier alpha value is -1.57. The molecule has 78 valence electrons. The molecule has 1 aromatic heterocycles. The minimum atomic E-state index is 0.483. The minimum absolute atomic E-state index is 0.483. The quantitative estimate of drug-likeness (QED) is 0.727. The van der Waals surface area contributed by atoms with Crippen molar-refractivity contribution in [2.45, 2.75) is 26.7 Å². The van der Waals surface area contributed by atoms with Crippen molar-refractivity contribution in [3.8, 4) is 5.69 Å². The highest BCUT2D eigenvalue weighted by atomic mass is 15.0. The predicted molar refractivity (Wildman–Crippen MR) is 62.4 cm³/mol. The molecule has 0 unspecified atom stereocenters. The second-order valence-corrected chi connectivity index (χ2v) is 4.20. The van der Waals surface area contributed by atoms with Crippen LogP contribution in [0.3, 0.4) is 0 Å². The van der Waals surface area contributed by atoms with Gasteiger partial charge in [0.2, 0.25) is 0 Å². The fourth-order valence-corrected chi connectivity index (χ4v) is 1.49. The van der Waals surface area contributed by atoms with E-state index in [2.05, 4.69) is 60.8 Å². The summed E-state index contributed by atoms with van der Waals surface area (Å²) in [5, 5.41) is 0. The number of rotatable bonds is 2. The van der Waals surface area contributed by atoms with Crippen molar-refractivity contribution < 1.29 is 0 Å². The van der Waals surface area contributed by atoms with Gasteiger partial charge in [0.15, 0.2) is 0 Å². The Morgan fingerprint density at radius 1 is 1.13 bits per heavy atom. The molecule has 0 N–H and O–H groups in total. The molecule has 15 heavy (non-hydrogen) atoms. The van der Waals surface area contributed by atoms with Crippen LogP contribution in [0.5, 0.6) is 0 Å². The van der Waals surface area contributed by atoms with Gasteiger partial charge in [-0.3, -0.25) is 0 Å². The highest BCUT2D eigenvalue weighted by molar-refractivity contribution is 5.34. The van der Waals surface area contributed by atoms with E-state index in [1.807, 2.05) is 6.33 Å². The van der Waals surface area contributed by atoms with E-state index in [0.29, 0.717) is 5.92 Å². The zero-order chi connectivity index (χ0) is 10.8. The monoisotopic (exact) mass is 200 g/mol. The Balaban J connectivity index is 2.33. The van der Waals surface area contributed by atoms with Crippen LogP contribution in [0.1, 0.15) is 31.0 Å². The average molecular weight is 200 g/mol. The van der Waals surface area contributed by atoms with Gasteiger partial charge in [-0.15, -0.1) is 0 Å². The van der Waals surface area contributed by atoms with E-state index < -0.39 is 0 Å². The van der Waals surface area contributed by atoms with Crippen molar-refractivity contribution in [1.29, 1.82) is 0 Å².